The van der Waals surface area contributed by atoms with Crippen molar-refractivity contribution in [2.75, 3.05) is 19.0 Å². The van der Waals surface area contributed by atoms with Crippen LogP contribution in [-0.2, 0) is 6.42 Å². The Hall–Kier alpha value is -1.52. The summed E-state index contributed by atoms with van der Waals surface area (Å²) in [7, 11) is 1.64. The van der Waals surface area contributed by atoms with Crippen molar-refractivity contribution in [3.05, 3.63) is 58.6 Å². The molecule has 0 spiro atoms. The zero-order chi connectivity index (χ0) is 14.4. The molecule has 1 atom stereocenters. The number of anilines is 1. The lowest BCUT2D eigenvalue weighted by atomic mass is 10.1. The van der Waals surface area contributed by atoms with Gasteiger partial charge in [-0.1, -0.05) is 34.1 Å². The van der Waals surface area contributed by atoms with Crippen LogP contribution in [0, 0.1) is 0 Å². The number of aliphatic hydroxyl groups excluding tert-OH is 1. The van der Waals surface area contributed by atoms with E-state index in [1.807, 2.05) is 48.5 Å². The van der Waals surface area contributed by atoms with Gasteiger partial charge in [0.1, 0.15) is 5.75 Å². The second-order valence-corrected chi connectivity index (χ2v) is 5.51. The lowest BCUT2D eigenvalue weighted by molar-refractivity contribution is 0.188. The Bertz CT molecular complexity index is 542. The summed E-state index contributed by atoms with van der Waals surface area (Å²) in [5.74, 6) is 0.829. The Kier molecular flexibility index (Phi) is 5.44. The number of nitrogens with one attached hydrogen (secondary N) is 1. The van der Waals surface area contributed by atoms with Crippen LogP contribution >= 0.6 is 15.9 Å². The van der Waals surface area contributed by atoms with Crippen LogP contribution in [0.3, 0.4) is 0 Å². The fourth-order valence-electron chi connectivity index (χ4n) is 1.94. The molecule has 0 aliphatic heterocycles. The third kappa shape index (κ3) is 4.54. The monoisotopic (exact) mass is 335 g/mol. The van der Waals surface area contributed by atoms with Gasteiger partial charge in [0, 0.05) is 23.1 Å². The molecule has 0 aliphatic carbocycles. The van der Waals surface area contributed by atoms with Gasteiger partial charge in [0.15, 0.2) is 0 Å². The molecule has 106 valence electrons. The minimum Gasteiger partial charge on any atom is -0.497 e. The summed E-state index contributed by atoms with van der Waals surface area (Å²) in [5.41, 5.74) is 2.09. The Morgan fingerprint density at radius 2 is 1.95 bits per heavy atom. The Labute approximate surface area is 127 Å². The van der Waals surface area contributed by atoms with Gasteiger partial charge in [0.2, 0.25) is 0 Å². The van der Waals surface area contributed by atoms with Gasteiger partial charge in [-0.15, -0.1) is 0 Å². The number of benzene rings is 2. The first-order valence-corrected chi connectivity index (χ1v) is 7.27. The van der Waals surface area contributed by atoms with Crippen molar-refractivity contribution < 1.29 is 9.84 Å². The van der Waals surface area contributed by atoms with E-state index in [1.54, 1.807) is 7.11 Å². The molecule has 0 fully saturated rings. The Morgan fingerprint density at radius 1 is 1.20 bits per heavy atom. The van der Waals surface area contributed by atoms with Crippen molar-refractivity contribution in [1.82, 2.24) is 0 Å². The van der Waals surface area contributed by atoms with Crippen LogP contribution in [0.2, 0.25) is 0 Å². The molecule has 4 heteroatoms. The minimum atomic E-state index is -0.428. The quantitative estimate of drug-likeness (QED) is 0.849. The molecule has 0 amide bonds. The molecule has 2 aromatic rings. The predicted octanol–water partition coefficient (Wildman–Crippen LogP) is 3.47. The Balaban J connectivity index is 1.84. The lowest BCUT2D eigenvalue weighted by Gasteiger charge is -2.13. The summed E-state index contributed by atoms with van der Waals surface area (Å²) in [4.78, 5) is 0. The number of methoxy groups -OCH3 is 1. The first-order valence-electron chi connectivity index (χ1n) is 6.48. The summed E-state index contributed by atoms with van der Waals surface area (Å²) in [6.07, 6.45) is 0.188. The van der Waals surface area contributed by atoms with Crippen LogP contribution in [0.4, 0.5) is 5.69 Å². The average molecular weight is 336 g/mol. The van der Waals surface area contributed by atoms with E-state index in [4.69, 9.17) is 4.74 Å². The van der Waals surface area contributed by atoms with Crippen LogP contribution in [0.5, 0.6) is 5.75 Å². The molecule has 1 unspecified atom stereocenters. The van der Waals surface area contributed by atoms with Crippen LogP contribution in [0.25, 0.3) is 0 Å². The van der Waals surface area contributed by atoms with Crippen molar-refractivity contribution in [2.45, 2.75) is 12.5 Å². The van der Waals surface area contributed by atoms with Crippen LogP contribution in [0.15, 0.2) is 53.0 Å². The number of aliphatic hydroxyl groups is 1. The van der Waals surface area contributed by atoms with E-state index in [9.17, 15) is 5.11 Å². The lowest BCUT2D eigenvalue weighted by Crippen LogP contribution is -2.21. The SMILES string of the molecule is COc1ccc(CC(O)CNc2cccc(Br)c2)cc1. The summed E-state index contributed by atoms with van der Waals surface area (Å²) in [5, 5.41) is 13.3. The molecule has 0 aromatic heterocycles. The highest BCUT2D eigenvalue weighted by molar-refractivity contribution is 9.10. The zero-order valence-corrected chi connectivity index (χ0v) is 12.9. The molecular formula is C16H18BrNO2. The smallest absolute Gasteiger partial charge is 0.118 e. The van der Waals surface area contributed by atoms with Gasteiger partial charge >= 0.3 is 0 Å². The van der Waals surface area contributed by atoms with Crippen molar-refractivity contribution in [3.8, 4) is 5.75 Å². The fraction of sp³-hybridized carbons (Fsp3) is 0.250. The fourth-order valence-corrected chi connectivity index (χ4v) is 2.34. The molecule has 3 nitrogen and oxygen atoms in total. The molecular weight excluding hydrogens is 318 g/mol. The van der Waals surface area contributed by atoms with Crippen molar-refractivity contribution in [1.29, 1.82) is 0 Å². The van der Waals surface area contributed by atoms with Crippen LogP contribution in [0.1, 0.15) is 5.56 Å². The number of hydrogen-bond donors (Lipinski definition) is 2. The molecule has 20 heavy (non-hydrogen) atoms. The van der Waals surface area contributed by atoms with Gasteiger partial charge in [-0.2, -0.15) is 0 Å². The van der Waals surface area contributed by atoms with E-state index in [0.29, 0.717) is 13.0 Å². The standard InChI is InChI=1S/C16H18BrNO2/c1-20-16-7-5-12(6-8-16)9-15(19)11-18-14-4-2-3-13(17)10-14/h2-8,10,15,18-19H,9,11H2,1H3. The van der Waals surface area contributed by atoms with E-state index in [-0.39, 0.29) is 0 Å². The second kappa shape index (κ2) is 7.31. The van der Waals surface area contributed by atoms with E-state index < -0.39 is 6.10 Å². The molecule has 0 saturated carbocycles. The van der Waals surface area contributed by atoms with E-state index in [1.165, 1.54) is 0 Å². The van der Waals surface area contributed by atoms with Gasteiger partial charge < -0.3 is 15.2 Å². The first kappa shape index (κ1) is 14.9. The average Bonchev–Trinajstić information content (AvgIpc) is 2.46. The molecule has 0 heterocycles. The van der Waals surface area contributed by atoms with Crippen molar-refractivity contribution in [2.24, 2.45) is 0 Å². The minimum absolute atomic E-state index is 0.428. The molecule has 0 bridgehead atoms. The van der Waals surface area contributed by atoms with Crippen LogP contribution < -0.4 is 10.1 Å². The summed E-state index contributed by atoms with van der Waals surface area (Å²) in [6.45, 7) is 0.516. The molecule has 2 N–H and O–H groups in total. The predicted molar refractivity (Wildman–Crippen MR) is 85.3 cm³/mol. The molecule has 0 saturated heterocycles. The van der Waals surface area contributed by atoms with Gasteiger partial charge in [-0.25, -0.2) is 0 Å². The van der Waals surface area contributed by atoms with Gasteiger partial charge in [-0.05, 0) is 35.9 Å². The molecule has 0 aliphatic rings. The molecule has 2 aromatic carbocycles. The maximum absolute atomic E-state index is 10.1. The second-order valence-electron chi connectivity index (χ2n) is 4.60. The highest BCUT2D eigenvalue weighted by Crippen LogP contribution is 2.16. The van der Waals surface area contributed by atoms with Crippen molar-refractivity contribution in [3.63, 3.8) is 0 Å². The van der Waals surface area contributed by atoms with E-state index >= 15 is 0 Å². The van der Waals surface area contributed by atoms with Gasteiger partial charge in [0.05, 0.1) is 13.2 Å². The normalized spacial score (nSPS) is 11.9. The third-order valence-corrected chi connectivity index (χ3v) is 3.49. The number of rotatable bonds is 6. The summed E-state index contributed by atoms with van der Waals surface area (Å²) >= 11 is 3.42. The highest BCUT2D eigenvalue weighted by Gasteiger charge is 2.06. The molecule has 0 radical (unpaired) electrons. The van der Waals surface area contributed by atoms with E-state index in [2.05, 4.69) is 21.2 Å². The summed E-state index contributed by atoms with van der Waals surface area (Å²) < 4.78 is 6.13. The number of ether oxygens (including phenoxy) is 1. The number of halogens is 1. The first-order chi connectivity index (χ1) is 9.67. The zero-order valence-electron chi connectivity index (χ0n) is 11.3. The topological polar surface area (TPSA) is 41.5 Å². The highest BCUT2D eigenvalue weighted by atomic mass is 79.9. The third-order valence-electron chi connectivity index (χ3n) is 3.00. The maximum Gasteiger partial charge on any atom is 0.118 e. The summed E-state index contributed by atoms with van der Waals surface area (Å²) in [6, 6.07) is 15.7. The Morgan fingerprint density at radius 3 is 2.60 bits per heavy atom. The number of hydrogen-bond acceptors (Lipinski definition) is 3. The van der Waals surface area contributed by atoms with E-state index in [0.717, 1.165) is 21.5 Å². The van der Waals surface area contributed by atoms with Gasteiger partial charge in [0.25, 0.3) is 0 Å². The van der Waals surface area contributed by atoms with Crippen molar-refractivity contribution >= 4 is 21.6 Å². The maximum atomic E-state index is 10.1. The van der Waals surface area contributed by atoms with Crippen LogP contribution in [-0.4, -0.2) is 24.9 Å². The largest absolute Gasteiger partial charge is 0.497 e. The van der Waals surface area contributed by atoms with Gasteiger partial charge in [-0.3, -0.25) is 0 Å². The molecule has 2 rings (SSSR count).